The highest BCUT2D eigenvalue weighted by Crippen LogP contribution is 2.34. The van der Waals surface area contributed by atoms with Crippen molar-refractivity contribution in [1.29, 1.82) is 0 Å². The molecule has 0 saturated carbocycles. The van der Waals surface area contributed by atoms with Crippen LogP contribution in [0.3, 0.4) is 0 Å². The molecule has 0 aliphatic carbocycles. The van der Waals surface area contributed by atoms with Crippen LogP contribution in [0.25, 0.3) is 0 Å². The first kappa shape index (κ1) is 26.5. The zero-order valence-corrected chi connectivity index (χ0v) is 21.1. The van der Waals surface area contributed by atoms with E-state index >= 15 is 0 Å². The van der Waals surface area contributed by atoms with Crippen LogP contribution >= 0.6 is 23.2 Å². The molecule has 38 heavy (non-hydrogen) atoms. The van der Waals surface area contributed by atoms with E-state index in [0.29, 0.717) is 22.1 Å². The maximum Gasteiger partial charge on any atom is 0.337 e. The average molecular weight is 557 g/mol. The van der Waals surface area contributed by atoms with Gasteiger partial charge in [0, 0.05) is 17.2 Å². The standard InChI is InChI=1S/C26H18Cl2N2O8/c1-35-26(32)15-2-5-19(6-3-15)36-14-20-7-9-24(37-20)25(31)29-17-11-18(30(33)34)13-21(12-17)38-23-8-4-16(27)10-22(23)28/h2-13H,14H2,1H3,(H,29,31). The number of non-ortho nitro benzene ring substituents is 1. The summed E-state index contributed by atoms with van der Waals surface area (Å²) in [7, 11) is 1.29. The molecule has 0 bridgehead atoms. The maximum absolute atomic E-state index is 12.7. The number of methoxy groups -OCH3 is 1. The third-order valence-electron chi connectivity index (χ3n) is 5.02. The molecule has 1 amide bonds. The fourth-order valence-electron chi connectivity index (χ4n) is 3.23. The normalized spacial score (nSPS) is 10.5. The van der Waals surface area contributed by atoms with Gasteiger partial charge in [0.05, 0.1) is 34.4 Å². The molecule has 0 unspecified atom stereocenters. The number of benzene rings is 3. The van der Waals surface area contributed by atoms with Gasteiger partial charge >= 0.3 is 5.97 Å². The van der Waals surface area contributed by atoms with Crippen molar-refractivity contribution in [3.8, 4) is 17.2 Å². The second-order valence-corrected chi connectivity index (χ2v) is 8.52. The van der Waals surface area contributed by atoms with Crippen molar-refractivity contribution in [3.05, 3.63) is 110 Å². The molecule has 0 spiro atoms. The molecule has 1 heterocycles. The first-order valence-electron chi connectivity index (χ1n) is 10.9. The lowest BCUT2D eigenvalue weighted by molar-refractivity contribution is -0.384. The number of carbonyl (C=O) groups is 2. The zero-order chi connectivity index (χ0) is 27.2. The van der Waals surface area contributed by atoms with Crippen molar-refractivity contribution in [2.75, 3.05) is 12.4 Å². The van der Waals surface area contributed by atoms with Gasteiger partial charge < -0.3 is 23.9 Å². The number of hydrogen-bond acceptors (Lipinski definition) is 8. The molecular formula is C26H18Cl2N2O8. The Bertz CT molecular complexity index is 1500. The van der Waals surface area contributed by atoms with Crippen LogP contribution in [0, 0.1) is 10.1 Å². The molecule has 0 saturated heterocycles. The Kier molecular flexibility index (Phi) is 8.15. The van der Waals surface area contributed by atoms with Crippen molar-refractivity contribution in [1.82, 2.24) is 0 Å². The van der Waals surface area contributed by atoms with Crippen molar-refractivity contribution >= 4 is 46.5 Å². The summed E-state index contributed by atoms with van der Waals surface area (Å²) in [4.78, 5) is 35.1. The number of hydrogen-bond donors (Lipinski definition) is 1. The van der Waals surface area contributed by atoms with Crippen molar-refractivity contribution in [2.45, 2.75) is 6.61 Å². The van der Waals surface area contributed by atoms with Gasteiger partial charge in [-0.05, 0) is 54.6 Å². The lowest BCUT2D eigenvalue weighted by Gasteiger charge is -2.10. The lowest BCUT2D eigenvalue weighted by atomic mass is 10.2. The molecule has 12 heteroatoms. The quantitative estimate of drug-likeness (QED) is 0.134. The molecule has 0 atom stereocenters. The molecule has 0 fully saturated rings. The molecule has 1 N–H and O–H groups in total. The molecular weight excluding hydrogens is 539 g/mol. The van der Waals surface area contributed by atoms with Gasteiger partial charge in [0.2, 0.25) is 0 Å². The van der Waals surface area contributed by atoms with E-state index in [9.17, 15) is 19.7 Å². The number of halogens is 2. The number of rotatable bonds is 9. The van der Waals surface area contributed by atoms with Crippen LogP contribution in [0.5, 0.6) is 17.2 Å². The molecule has 0 radical (unpaired) electrons. The number of esters is 1. The first-order chi connectivity index (χ1) is 18.2. The predicted molar refractivity (Wildman–Crippen MR) is 138 cm³/mol. The number of carbonyl (C=O) groups excluding carboxylic acids is 2. The van der Waals surface area contributed by atoms with E-state index in [0.717, 1.165) is 0 Å². The van der Waals surface area contributed by atoms with Crippen LogP contribution in [0.1, 0.15) is 26.7 Å². The zero-order valence-electron chi connectivity index (χ0n) is 19.6. The van der Waals surface area contributed by atoms with Gasteiger partial charge in [-0.15, -0.1) is 0 Å². The van der Waals surface area contributed by atoms with Gasteiger partial charge in [0.25, 0.3) is 11.6 Å². The summed E-state index contributed by atoms with van der Waals surface area (Å²) in [5.41, 5.74) is 0.168. The van der Waals surface area contributed by atoms with Gasteiger partial charge in [0.1, 0.15) is 29.6 Å². The molecule has 1 aromatic heterocycles. The minimum Gasteiger partial charge on any atom is -0.486 e. The Morgan fingerprint density at radius 3 is 2.42 bits per heavy atom. The Balaban J connectivity index is 1.43. The summed E-state index contributed by atoms with van der Waals surface area (Å²) < 4.78 is 21.5. The Labute approximate surface area is 225 Å². The number of ether oxygens (including phenoxy) is 3. The molecule has 194 valence electrons. The number of nitrogens with zero attached hydrogens (tertiary/aromatic N) is 1. The molecule has 0 aliphatic rings. The topological polar surface area (TPSA) is 130 Å². The minimum absolute atomic E-state index is 0.0154. The first-order valence-corrected chi connectivity index (χ1v) is 11.6. The van der Waals surface area contributed by atoms with Gasteiger partial charge in [-0.1, -0.05) is 23.2 Å². The summed E-state index contributed by atoms with van der Waals surface area (Å²) in [5, 5.41) is 14.6. The average Bonchev–Trinajstić information content (AvgIpc) is 3.38. The van der Waals surface area contributed by atoms with Crippen LogP contribution in [-0.4, -0.2) is 23.9 Å². The van der Waals surface area contributed by atoms with E-state index < -0.39 is 16.8 Å². The van der Waals surface area contributed by atoms with Crippen LogP contribution in [0.15, 0.2) is 77.2 Å². The molecule has 3 aromatic carbocycles. The molecule has 4 aromatic rings. The molecule has 10 nitrogen and oxygen atoms in total. The minimum atomic E-state index is -0.644. The highest BCUT2D eigenvalue weighted by Gasteiger charge is 2.17. The SMILES string of the molecule is COC(=O)c1ccc(OCc2ccc(C(=O)Nc3cc(Oc4ccc(Cl)cc4Cl)cc([N+](=O)[O-])c3)o2)cc1. The van der Waals surface area contributed by atoms with Crippen LogP contribution in [0.4, 0.5) is 11.4 Å². The third kappa shape index (κ3) is 6.61. The van der Waals surface area contributed by atoms with Crippen LogP contribution in [0.2, 0.25) is 10.0 Å². The number of nitro groups is 1. The summed E-state index contributed by atoms with van der Waals surface area (Å²) in [6.07, 6.45) is 0. The van der Waals surface area contributed by atoms with Crippen LogP contribution in [-0.2, 0) is 11.3 Å². The van der Waals surface area contributed by atoms with Crippen LogP contribution < -0.4 is 14.8 Å². The highest BCUT2D eigenvalue weighted by atomic mass is 35.5. The van der Waals surface area contributed by atoms with Gasteiger partial charge in [-0.25, -0.2) is 4.79 Å². The number of amides is 1. The van der Waals surface area contributed by atoms with Gasteiger partial charge in [-0.3, -0.25) is 14.9 Å². The van der Waals surface area contributed by atoms with E-state index in [4.69, 9.17) is 37.1 Å². The number of furan rings is 1. The monoisotopic (exact) mass is 556 g/mol. The van der Waals surface area contributed by atoms with E-state index in [-0.39, 0.29) is 40.3 Å². The largest absolute Gasteiger partial charge is 0.486 e. The second kappa shape index (κ2) is 11.7. The second-order valence-electron chi connectivity index (χ2n) is 7.67. The molecule has 0 aliphatic heterocycles. The summed E-state index contributed by atoms with van der Waals surface area (Å²) in [6.45, 7) is 0.0154. The Hall–Kier alpha value is -4.54. The Morgan fingerprint density at radius 1 is 0.974 bits per heavy atom. The third-order valence-corrected chi connectivity index (χ3v) is 5.55. The fraction of sp³-hybridized carbons (Fsp3) is 0.0769. The predicted octanol–water partition coefficient (Wildman–Crippen LogP) is 6.90. The molecule has 4 rings (SSSR count). The number of nitro benzene ring substituents is 1. The highest BCUT2D eigenvalue weighted by molar-refractivity contribution is 6.35. The summed E-state index contributed by atoms with van der Waals surface area (Å²) in [6, 6.07) is 17.6. The summed E-state index contributed by atoms with van der Waals surface area (Å²) in [5.74, 6) is -0.0176. The van der Waals surface area contributed by atoms with E-state index in [2.05, 4.69) is 10.1 Å². The van der Waals surface area contributed by atoms with Crippen molar-refractivity contribution in [3.63, 3.8) is 0 Å². The fourth-order valence-corrected chi connectivity index (χ4v) is 3.68. The van der Waals surface area contributed by atoms with E-state index in [1.54, 1.807) is 36.4 Å². The lowest BCUT2D eigenvalue weighted by Crippen LogP contribution is -2.11. The van der Waals surface area contributed by atoms with Crippen molar-refractivity contribution < 1.29 is 33.1 Å². The smallest absolute Gasteiger partial charge is 0.337 e. The van der Waals surface area contributed by atoms with Gasteiger partial charge in [0.15, 0.2) is 5.76 Å². The van der Waals surface area contributed by atoms with Crippen molar-refractivity contribution in [2.24, 2.45) is 0 Å². The number of anilines is 1. The van der Waals surface area contributed by atoms with Gasteiger partial charge in [-0.2, -0.15) is 0 Å². The maximum atomic E-state index is 12.7. The summed E-state index contributed by atoms with van der Waals surface area (Å²) >= 11 is 12.0. The number of nitrogens with one attached hydrogen (secondary N) is 1. The van der Waals surface area contributed by atoms with E-state index in [1.165, 1.54) is 43.5 Å². The van der Waals surface area contributed by atoms with E-state index in [1.807, 2.05) is 0 Å². The Morgan fingerprint density at radius 2 is 1.74 bits per heavy atom.